The van der Waals surface area contributed by atoms with Crippen molar-refractivity contribution in [1.29, 1.82) is 0 Å². The third-order valence-corrected chi connectivity index (χ3v) is 8.10. The smallest absolute Gasteiger partial charge is 0.246 e. The summed E-state index contributed by atoms with van der Waals surface area (Å²) in [5.41, 5.74) is 1.81. The Labute approximate surface area is 218 Å². The van der Waals surface area contributed by atoms with Gasteiger partial charge in [-0.3, -0.25) is 9.69 Å². The molecule has 1 atom stereocenters. The van der Waals surface area contributed by atoms with Crippen molar-refractivity contribution in [1.82, 2.24) is 19.8 Å². The highest BCUT2D eigenvalue weighted by atomic mass is 35.5. The number of anilines is 2. The number of thiophene rings is 1. The van der Waals surface area contributed by atoms with Crippen molar-refractivity contribution in [3.8, 4) is 0 Å². The Morgan fingerprint density at radius 2 is 2.31 bits per heavy atom. The third kappa shape index (κ3) is 5.54. The molecule has 3 aromatic rings. The summed E-state index contributed by atoms with van der Waals surface area (Å²) in [6, 6.07) is 4.49. The first-order valence-corrected chi connectivity index (χ1v) is 13.5. The van der Waals surface area contributed by atoms with Crippen molar-refractivity contribution in [3.05, 3.63) is 58.0 Å². The maximum atomic E-state index is 13.6. The second-order valence-electron chi connectivity index (χ2n) is 9.06. The fraction of sp³-hybridized carbons (Fsp3) is 0.423. The van der Waals surface area contributed by atoms with Gasteiger partial charge in [0.15, 0.2) is 0 Å². The van der Waals surface area contributed by atoms with Gasteiger partial charge < -0.3 is 15.0 Å². The van der Waals surface area contributed by atoms with Gasteiger partial charge in [-0.1, -0.05) is 24.6 Å². The Bertz CT molecular complexity index is 1280. The van der Waals surface area contributed by atoms with Crippen LogP contribution in [-0.4, -0.2) is 64.6 Å². The van der Waals surface area contributed by atoms with Gasteiger partial charge in [0.2, 0.25) is 5.91 Å². The van der Waals surface area contributed by atoms with Crippen molar-refractivity contribution in [2.45, 2.75) is 38.8 Å². The molecule has 1 saturated heterocycles. The Morgan fingerprint density at radius 3 is 3.08 bits per heavy atom. The minimum absolute atomic E-state index is 0.0247. The molecule has 1 unspecified atom stereocenters. The highest BCUT2D eigenvalue weighted by molar-refractivity contribution is 7.19. The van der Waals surface area contributed by atoms with Crippen LogP contribution in [0.3, 0.4) is 0 Å². The first-order valence-electron chi connectivity index (χ1n) is 12.3. The first kappa shape index (κ1) is 25.1. The Hall–Kier alpha value is -2.59. The van der Waals surface area contributed by atoms with E-state index in [9.17, 15) is 9.18 Å². The zero-order valence-corrected chi connectivity index (χ0v) is 21.7. The van der Waals surface area contributed by atoms with Crippen LogP contribution in [0.1, 0.15) is 30.2 Å². The molecule has 0 bridgehead atoms. The maximum absolute atomic E-state index is 13.6. The van der Waals surface area contributed by atoms with Crippen LogP contribution < -0.4 is 5.32 Å². The largest absolute Gasteiger partial charge is 0.377 e. The molecule has 1 N–H and O–H groups in total. The van der Waals surface area contributed by atoms with Crippen molar-refractivity contribution < 1.29 is 13.9 Å². The fourth-order valence-electron chi connectivity index (χ4n) is 4.74. The lowest BCUT2D eigenvalue weighted by atomic mass is 10.0. The number of fused-ring (bicyclic) bond motifs is 3. The first-order chi connectivity index (χ1) is 17.5. The van der Waals surface area contributed by atoms with Crippen LogP contribution in [0.15, 0.2) is 36.7 Å². The van der Waals surface area contributed by atoms with Gasteiger partial charge in [0, 0.05) is 42.9 Å². The summed E-state index contributed by atoms with van der Waals surface area (Å²) >= 11 is 7.52. The van der Waals surface area contributed by atoms with E-state index in [1.165, 1.54) is 18.5 Å². The second-order valence-corrected chi connectivity index (χ2v) is 10.6. The van der Waals surface area contributed by atoms with Crippen molar-refractivity contribution in [2.24, 2.45) is 0 Å². The highest BCUT2D eigenvalue weighted by Crippen LogP contribution is 2.38. The van der Waals surface area contributed by atoms with Gasteiger partial charge >= 0.3 is 0 Å². The van der Waals surface area contributed by atoms with E-state index in [2.05, 4.69) is 27.1 Å². The summed E-state index contributed by atoms with van der Waals surface area (Å²) in [6.07, 6.45) is 8.45. The average Bonchev–Trinajstić information content (AvgIpc) is 3.53. The molecule has 1 amide bonds. The molecule has 2 aromatic heterocycles. The van der Waals surface area contributed by atoms with Gasteiger partial charge in [-0.25, -0.2) is 14.4 Å². The molecule has 36 heavy (non-hydrogen) atoms. The molecule has 5 rings (SSSR count). The molecule has 1 fully saturated rings. The lowest BCUT2D eigenvalue weighted by molar-refractivity contribution is -0.126. The predicted octanol–water partition coefficient (Wildman–Crippen LogP) is 5.17. The topological polar surface area (TPSA) is 70.6 Å². The molecule has 0 radical (unpaired) electrons. The lowest BCUT2D eigenvalue weighted by Gasteiger charge is -2.26. The number of nitrogens with zero attached hydrogens (tertiary/aromatic N) is 4. The lowest BCUT2D eigenvalue weighted by Crippen LogP contribution is -2.35. The third-order valence-electron chi connectivity index (χ3n) is 6.69. The van der Waals surface area contributed by atoms with E-state index < -0.39 is 5.82 Å². The highest BCUT2D eigenvalue weighted by Gasteiger charge is 2.26. The fourth-order valence-corrected chi connectivity index (χ4v) is 6.12. The van der Waals surface area contributed by atoms with Gasteiger partial charge in [-0.15, -0.1) is 11.3 Å². The van der Waals surface area contributed by atoms with Crippen LogP contribution in [0.2, 0.25) is 5.02 Å². The SMILES string of the molecule is CCN(C/C=C/C(=O)N1CCc2c(sc3ncnc(Nc4ccc(F)c(Cl)c4)c23)C1)CC1CCCO1. The molecule has 10 heteroatoms. The number of carbonyl (C=O) groups excluding carboxylic acids is 1. The number of rotatable bonds is 8. The number of likely N-dealkylation sites (N-methyl/N-ethyl adjacent to an activating group) is 1. The minimum Gasteiger partial charge on any atom is -0.377 e. The number of nitrogens with one attached hydrogen (secondary N) is 1. The normalized spacial score (nSPS) is 17.9. The molecule has 2 aliphatic rings. The summed E-state index contributed by atoms with van der Waals surface area (Å²) in [5, 5.41) is 4.26. The van der Waals surface area contributed by atoms with Gasteiger partial charge in [-0.2, -0.15) is 0 Å². The van der Waals surface area contributed by atoms with Crippen molar-refractivity contribution in [3.63, 3.8) is 0 Å². The van der Waals surface area contributed by atoms with Crippen LogP contribution in [0.4, 0.5) is 15.9 Å². The molecular formula is C26H29ClFN5O2S. The summed E-state index contributed by atoms with van der Waals surface area (Å²) < 4.78 is 19.3. The van der Waals surface area contributed by atoms with Gasteiger partial charge in [0.05, 0.1) is 23.1 Å². The summed E-state index contributed by atoms with van der Waals surface area (Å²) in [6.45, 7) is 6.74. The van der Waals surface area contributed by atoms with Gasteiger partial charge in [0.25, 0.3) is 0 Å². The number of amides is 1. The molecule has 190 valence electrons. The van der Waals surface area contributed by atoms with E-state index in [0.29, 0.717) is 30.7 Å². The maximum Gasteiger partial charge on any atom is 0.246 e. The Morgan fingerprint density at radius 1 is 1.42 bits per heavy atom. The minimum atomic E-state index is -0.466. The van der Waals surface area contributed by atoms with Crippen LogP contribution in [0.5, 0.6) is 0 Å². The van der Waals surface area contributed by atoms with Crippen LogP contribution in [0, 0.1) is 5.82 Å². The standard InChI is InChI=1S/C26H29ClFN5O2S/c1-2-32(14-18-5-4-12-35-18)10-3-6-23(34)33-11-9-19-22(15-33)36-26-24(19)25(29-16-30-26)31-17-7-8-21(28)20(27)13-17/h3,6-8,13,16,18H,2,4-5,9-12,14-15H2,1H3,(H,29,30,31)/b6-3+. The van der Waals surface area contributed by atoms with Crippen molar-refractivity contribution in [2.75, 3.05) is 38.1 Å². The van der Waals surface area contributed by atoms with E-state index in [1.54, 1.807) is 23.5 Å². The number of benzene rings is 1. The summed E-state index contributed by atoms with van der Waals surface area (Å²) in [7, 11) is 0. The Kier molecular flexibility index (Phi) is 7.81. The molecule has 0 saturated carbocycles. The molecular weight excluding hydrogens is 501 g/mol. The van der Waals surface area contributed by atoms with Gasteiger partial charge in [-0.05, 0) is 49.6 Å². The predicted molar refractivity (Wildman–Crippen MR) is 141 cm³/mol. The molecule has 2 aliphatic heterocycles. The number of hydrogen-bond acceptors (Lipinski definition) is 7. The average molecular weight is 530 g/mol. The van der Waals surface area contributed by atoms with E-state index >= 15 is 0 Å². The quantitative estimate of drug-likeness (QED) is 0.406. The van der Waals surface area contributed by atoms with Crippen LogP contribution in [-0.2, 0) is 22.5 Å². The molecule has 7 nitrogen and oxygen atoms in total. The van der Waals surface area contributed by atoms with Crippen molar-refractivity contribution >= 4 is 50.6 Å². The molecule has 4 heterocycles. The number of aromatic nitrogens is 2. The van der Waals surface area contributed by atoms with Crippen LogP contribution >= 0.6 is 22.9 Å². The summed E-state index contributed by atoms with van der Waals surface area (Å²) in [5.74, 6) is 0.217. The molecule has 0 spiro atoms. The zero-order chi connectivity index (χ0) is 25.1. The van der Waals surface area contributed by atoms with E-state index in [0.717, 1.165) is 66.2 Å². The number of ether oxygens (including phenoxy) is 1. The monoisotopic (exact) mass is 529 g/mol. The summed E-state index contributed by atoms with van der Waals surface area (Å²) in [4.78, 5) is 28.0. The molecule has 1 aromatic carbocycles. The Balaban J connectivity index is 1.26. The number of halogens is 2. The number of carbonyl (C=O) groups is 1. The van der Waals surface area contributed by atoms with E-state index in [-0.39, 0.29) is 10.9 Å². The molecule has 0 aliphatic carbocycles. The van der Waals surface area contributed by atoms with Gasteiger partial charge in [0.1, 0.15) is 22.8 Å². The second kappa shape index (κ2) is 11.2. The number of hydrogen-bond donors (Lipinski definition) is 1. The van der Waals surface area contributed by atoms with Crippen LogP contribution in [0.25, 0.3) is 10.2 Å². The van der Waals surface area contributed by atoms with E-state index in [4.69, 9.17) is 16.3 Å². The zero-order valence-electron chi connectivity index (χ0n) is 20.2. The van der Waals surface area contributed by atoms with E-state index in [1.807, 2.05) is 11.0 Å².